The number of carbonyl (C=O) groups is 1. The van der Waals surface area contributed by atoms with Crippen LogP contribution in [0.5, 0.6) is 11.5 Å². The number of phenolic OH excluding ortho intramolecular Hbond substituents is 1. The molecule has 22 heavy (non-hydrogen) atoms. The Bertz CT molecular complexity index is 783. The van der Waals surface area contributed by atoms with E-state index < -0.39 is 0 Å². The van der Waals surface area contributed by atoms with Gasteiger partial charge in [-0.3, -0.25) is 4.79 Å². The number of aromatic hydroxyl groups is 1. The lowest BCUT2D eigenvalue weighted by Crippen LogP contribution is -2.03. The summed E-state index contributed by atoms with van der Waals surface area (Å²) in [7, 11) is 0. The number of hydrogen-bond donors (Lipinski definition) is 2. The maximum absolute atomic E-state index is 12.1. The van der Waals surface area contributed by atoms with E-state index in [4.69, 9.17) is 16.3 Å². The number of para-hydroxylation sites is 1. The highest BCUT2D eigenvalue weighted by atomic mass is 35.5. The van der Waals surface area contributed by atoms with Crippen LogP contribution in [0.25, 0.3) is 11.6 Å². The zero-order chi connectivity index (χ0) is 15.7. The molecule has 0 spiro atoms. The highest BCUT2D eigenvalue weighted by Gasteiger charge is 2.24. The largest absolute Gasteiger partial charge is 0.504 e. The molecule has 0 radical (unpaired) electrons. The molecular weight excluding hydrogens is 302 g/mol. The molecule has 0 fully saturated rings. The molecule has 1 aliphatic heterocycles. The van der Waals surface area contributed by atoms with Crippen molar-refractivity contribution in [3.8, 4) is 11.5 Å². The van der Waals surface area contributed by atoms with E-state index in [1.807, 2.05) is 6.92 Å². The molecule has 0 bridgehead atoms. The van der Waals surface area contributed by atoms with Crippen LogP contribution in [0.4, 0.5) is 5.69 Å². The third kappa shape index (κ3) is 2.53. The molecule has 1 aliphatic rings. The summed E-state index contributed by atoms with van der Waals surface area (Å²) in [5.74, 6) is 0.192. The van der Waals surface area contributed by atoms with Crippen LogP contribution >= 0.6 is 11.6 Å². The van der Waals surface area contributed by atoms with Crippen LogP contribution in [0.3, 0.4) is 0 Å². The van der Waals surface area contributed by atoms with Crippen LogP contribution in [0.1, 0.15) is 18.1 Å². The number of hydrogen-bond acceptors (Lipinski definition) is 3. The minimum absolute atomic E-state index is 0.0204. The molecule has 0 saturated carbocycles. The molecule has 1 amide bonds. The fourth-order valence-electron chi connectivity index (χ4n) is 2.39. The Morgan fingerprint density at radius 1 is 1.32 bits per heavy atom. The molecule has 0 atom stereocenters. The molecule has 0 saturated heterocycles. The Labute approximate surface area is 133 Å². The molecule has 3 rings (SSSR count). The number of rotatable bonds is 3. The SMILES string of the molecule is CCOc1cccc(/C=C2/C(=O)Nc3cc(Cl)ccc32)c1O. The van der Waals surface area contributed by atoms with Crippen LogP contribution in [0.15, 0.2) is 36.4 Å². The van der Waals surface area contributed by atoms with Gasteiger partial charge in [0.1, 0.15) is 0 Å². The van der Waals surface area contributed by atoms with Gasteiger partial charge in [-0.05, 0) is 31.2 Å². The maximum Gasteiger partial charge on any atom is 0.256 e. The van der Waals surface area contributed by atoms with E-state index in [1.165, 1.54) is 0 Å². The molecule has 5 heteroatoms. The van der Waals surface area contributed by atoms with Gasteiger partial charge in [-0.1, -0.05) is 29.8 Å². The van der Waals surface area contributed by atoms with Crippen molar-refractivity contribution in [2.75, 3.05) is 11.9 Å². The summed E-state index contributed by atoms with van der Waals surface area (Å²) in [5.41, 5.74) is 2.44. The van der Waals surface area contributed by atoms with Crippen LogP contribution < -0.4 is 10.1 Å². The highest BCUT2D eigenvalue weighted by Crippen LogP contribution is 2.37. The van der Waals surface area contributed by atoms with Crippen molar-refractivity contribution >= 4 is 34.8 Å². The molecular formula is C17H14ClNO3. The van der Waals surface area contributed by atoms with E-state index >= 15 is 0 Å². The third-order valence-electron chi connectivity index (χ3n) is 3.39. The van der Waals surface area contributed by atoms with Gasteiger partial charge in [0.2, 0.25) is 0 Å². The molecule has 2 aromatic rings. The number of nitrogens with one attached hydrogen (secondary N) is 1. The van der Waals surface area contributed by atoms with E-state index in [-0.39, 0.29) is 11.7 Å². The second-order valence-electron chi connectivity index (χ2n) is 4.83. The maximum atomic E-state index is 12.1. The number of benzene rings is 2. The minimum Gasteiger partial charge on any atom is -0.504 e. The molecule has 2 aromatic carbocycles. The summed E-state index contributed by atoms with van der Waals surface area (Å²) in [5, 5.41) is 13.6. The van der Waals surface area contributed by atoms with Gasteiger partial charge < -0.3 is 15.2 Å². The van der Waals surface area contributed by atoms with Crippen molar-refractivity contribution in [1.82, 2.24) is 0 Å². The molecule has 0 aromatic heterocycles. The van der Waals surface area contributed by atoms with Crippen molar-refractivity contribution in [3.63, 3.8) is 0 Å². The monoisotopic (exact) mass is 315 g/mol. The molecule has 2 N–H and O–H groups in total. The summed E-state index contributed by atoms with van der Waals surface area (Å²) in [6.45, 7) is 2.30. The molecule has 1 heterocycles. The Hall–Kier alpha value is -2.46. The van der Waals surface area contributed by atoms with Gasteiger partial charge in [0.25, 0.3) is 5.91 Å². The first-order valence-corrected chi connectivity index (χ1v) is 7.25. The first kappa shape index (κ1) is 14.5. The van der Waals surface area contributed by atoms with Gasteiger partial charge in [0.05, 0.1) is 12.3 Å². The molecule has 4 nitrogen and oxygen atoms in total. The van der Waals surface area contributed by atoms with Crippen molar-refractivity contribution < 1.29 is 14.6 Å². The fourth-order valence-corrected chi connectivity index (χ4v) is 2.57. The highest BCUT2D eigenvalue weighted by molar-refractivity contribution is 6.36. The smallest absolute Gasteiger partial charge is 0.256 e. The third-order valence-corrected chi connectivity index (χ3v) is 3.63. The van der Waals surface area contributed by atoms with E-state index in [0.717, 1.165) is 5.56 Å². The Balaban J connectivity index is 2.07. The lowest BCUT2D eigenvalue weighted by Gasteiger charge is -2.08. The van der Waals surface area contributed by atoms with Crippen LogP contribution in [0, 0.1) is 0 Å². The predicted octanol–water partition coefficient (Wildman–Crippen LogP) is 3.94. The first-order valence-electron chi connectivity index (χ1n) is 6.88. The average Bonchev–Trinajstić information content (AvgIpc) is 2.78. The van der Waals surface area contributed by atoms with E-state index in [1.54, 1.807) is 42.5 Å². The summed E-state index contributed by atoms with van der Waals surface area (Å²) >= 11 is 5.93. The van der Waals surface area contributed by atoms with Crippen LogP contribution in [0.2, 0.25) is 5.02 Å². The van der Waals surface area contributed by atoms with Gasteiger partial charge in [-0.25, -0.2) is 0 Å². The standard InChI is InChI=1S/C17H14ClNO3/c1-2-22-15-5-3-4-10(16(15)20)8-13-12-7-6-11(18)9-14(12)19-17(13)21/h3-9,20H,2H2,1H3,(H,19,21)/b13-8+. The fraction of sp³-hybridized carbons (Fsp3) is 0.118. The van der Waals surface area contributed by atoms with Crippen molar-refractivity contribution in [2.24, 2.45) is 0 Å². The molecule has 0 unspecified atom stereocenters. The number of carbonyl (C=O) groups excluding carboxylic acids is 1. The lowest BCUT2D eigenvalue weighted by molar-refractivity contribution is -0.110. The Morgan fingerprint density at radius 3 is 2.91 bits per heavy atom. The number of ether oxygens (including phenoxy) is 1. The predicted molar refractivity (Wildman–Crippen MR) is 87.2 cm³/mol. The molecule has 112 valence electrons. The van der Waals surface area contributed by atoms with E-state index in [9.17, 15) is 9.90 Å². The van der Waals surface area contributed by atoms with Crippen molar-refractivity contribution in [3.05, 3.63) is 52.5 Å². The van der Waals surface area contributed by atoms with Gasteiger partial charge in [-0.2, -0.15) is 0 Å². The zero-order valence-electron chi connectivity index (χ0n) is 11.9. The van der Waals surface area contributed by atoms with Crippen molar-refractivity contribution in [1.29, 1.82) is 0 Å². The second-order valence-corrected chi connectivity index (χ2v) is 5.27. The summed E-state index contributed by atoms with van der Waals surface area (Å²) < 4.78 is 5.36. The average molecular weight is 316 g/mol. The van der Waals surface area contributed by atoms with Crippen molar-refractivity contribution in [2.45, 2.75) is 6.92 Å². The summed E-state index contributed by atoms with van der Waals surface area (Å²) in [6, 6.07) is 10.4. The number of anilines is 1. The summed E-state index contributed by atoms with van der Waals surface area (Å²) in [6.07, 6.45) is 1.65. The van der Waals surface area contributed by atoms with E-state index in [0.29, 0.717) is 34.2 Å². The van der Waals surface area contributed by atoms with Gasteiger partial charge in [0.15, 0.2) is 11.5 Å². The quantitative estimate of drug-likeness (QED) is 0.844. The summed E-state index contributed by atoms with van der Waals surface area (Å²) in [4.78, 5) is 12.1. The van der Waals surface area contributed by atoms with Gasteiger partial charge in [0, 0.05) is 21.7 Å². The minimum atomic E-state index is -0.224. The van der Waals surface area contributed by atoms with Gasteiger partial charge in [-0.15, -0.1) is 0 Å². The zero-order valence-corrected chi connectivity index (χ0v) is 12.6. The number of halogens is 1. The Kier molecular flexibility index (Phi) is 3.77. The van der Waals surface area contributed by atoms with Crippen LogP contribution in [-0.2, 0) is 4.79 Å². The Morgan fingerprint density at radius 2 is 2.14 bits per heavy atom. The van der Waals surface area contributed by atoms with Crippen LogP contribution in [-0.4, -0.2) is 17.6 Å². The second kappa shape index (κ2) is 5.73. The number of amides is 1. The lowest BCUT2D eigenvalue weighted by atomic mass is 10.0. The van der Waals surface area contributed by atoms with E-state index in [2.05, 4.69) is 5.32 Å². The first-order chi connectivity index (χ1) is 10.6. The topological polar surface area (TPSA) is 58.6 Å². The normalized spacial score (nSPS) is 14.8. The molecule has 0 aliphatic carbocycles. The number of fused-ring (bicyclic) bond motifs is 1. The van der Waals surface area contributed by atoms with Gasteiger partial charge >= 0.3 is 0 Å². The number of phenols is 1.